The van der Waals surface area contributed by atoms with Crippen LogP contribution in [0.4, 0.5) is 0 Å². The summed E-state index contributed by atoms with van der Waals surface area (Å²) in [5, 5.41) is 4.43. The summed E-state index contributed by atoms with van der Waals surface area (Å²) in [6.07, 6.45) is 2.56. The van der Waals surface area contributed by atoms with Gasteiger partial charge < -0.3 is 10.5 Å². The van der Waals surface area contributed by atoms with Gasteiger partial charge in [0.1, 0.15) is 0 Å². The van der Waals surface area contributed by atoms with E-state index in [1.165, 1.54) is 0 Å². The quantitative estimate of drug-likeness (QED) is 0.646. The molecular formula is C9H13N3OS. The van der Waals surface area contributed by atoms with Gasteiger partial charge in [0, 0.05) is 12.0 Å². The van der Waals surface area contributed by atoms with E-state index < -0.39 is 0 Å². The average Bonchev–Trinajstić information content (AvgIpc) is 2.44. The molecule has 4 nitrogen and oxygen atoms in total. The third kappa shape index (κ3) is 1.53. The van der Waals surface area contributed by atoms with Gasteiger partial charge in [-0.25, -0.2) is 4.68 Å². The minimum Gasteiger partial charge on any atom is -0.374 e. The van der Waals surface area contributed by atoms with Crippen molar-refractivity contribution >= 4 is 17.3 Å². The van der Waals surface area contributed by atoms with E-state index in [1.807, 2.05) is 13.8 Å². The molecule has 0 spiro atoms. The standard InChI is InChI=1S/C9H13N3OS/c1-9(2)3-7-6(5-13-9)4-11-12(7)8(10)14/h4H,3,5H2,1-2H3,(H2,10,14). The fraction of sp³-hybridized carbons (Fsp3) is 0.556. The molecule has 1 aliphatic rings. The van der Waals surface area contributed by atoms with Crippen LogP contribution in [0.5, 0.6) is 0 Å². The Bertz CT molecular complexity index is 383. The molecule has 0 aromatic carbocycles. The van der Waals surface area contributed by atoms with Crippen LogP contribution in [0.25, 0.3) is 0 Å². The lowest BCUT2D eigenvalue weighted by atomic mass is 9.97. The van der Waals surface area contributed by atoms with Crippen LogP contribution in [0.1, 0.15) is 25.1 Å². The minimum atomic E-state index is -0.157. The van der Waals surface area contributed by atoms with E-state index in [2.05, 4.69) is 5.10 Å². The van der Waals surface area contributed by atoms with Crippen LogP contribution >= 0.6 is 12.2 Å². The zero-order valence-corrected chi connectivity index (χ0v) is 9.10. The summed E-state index contributed by atoms with van der Waals surface area (Å²) in [4.78, 5) is 0. The zero-order chi connectivity index (χ0) is 10.3. The maximum atomic E-state index is 5.65. The van der Waals surface area contributed by atoms with Crippen molar-refractivity contribution in [2.75, 3.05) is 0 Å². The highest BCUT2D eigenvalue weighted by Gasteiger charge is 2.29. The molecule has 0 radical (unpaired) electrons. The first-order valence-electron chi connectivity index (χ1n) is 4.49. The van der Waals surface area contributed by atoms with Gasteiger partial charge in [-0.1, -0.05) is 0 Å². The Morgan fingerprint density at radius 3 is 3.07 bits per heavy atom. The highest BCUT2D eigenvalue weighted by molar-refractivity contribution is 7.80. The third-order valence-electron chi connectivity index (χ3n) is 2.38. The average molecular weight is 211 g/mol. The molecule has 0 fully saturated rings. The Balaban J connectivity index is 2.42. The van der Waals surface area contributed by atoms with Crippen LogP contribution < -0.4 is 5.73 Å². The first kappa shape index (κ1) is 9.61. The van der Waals surface area contributed by atoms with Gasteiger partial charge in [-0.2, -0.15) is 5.10 Å². The first-order chi connectivity index (χ1) is 6.49. The Morgan fingerprint density at radius 1 is 1.71 bits per heavy atom. The number of hydrogen-bond acceptors (Lipinski definition) is 3. The highest BCUT2D eigenvalue weighted by atomic mass is 32.1. The molecule has 0 atom stereocenters. The van der Waals surface area contributed by atoms with E-state index in [1.54, 1.807) is 10.9 Å². The van der Waals surface area contributed by atoms with Gasteiger partial charge >= 0.3 is 0 Å². The number of hydrogen-bond donors (Lipinski definition) is 1. The van der Waals surface area contributed by atoms with E-state index in [9.17, 15) is 0 Å². The van der Waals surface area contributed by atoms with Crippen LogP contribution in [0.3, 0.4) is 0 Å². The number of nitrogens with two attached hydrogens (primary N) is 1. The second kappa shape index (κ2) is 3.03. The molecule has 5 heteroatoms. The molecule has 0 saturated carbocycles. The molecule has 0 aliphatic carbocycles. The SMILES string of the molecule is CC1(C)Cc2c(cnn2C(N)=S)CO1. The maximum absolute atomic E-state index is 5.65. The van der Waals surface area contributed by atoms with E-state index in [0.717, 1.165) is 17.7 Å². The van der Waals surface area contributed by atoms with Crippen LogP contribution in [0.2, 0.25) is 0 Å². The van der Waals surface area contributed by atoms with Crippen LogP contribution in [0, 0.1) is 0 Å². The molecule has 14 heavy (non-hydrogen) atoms. The molecule has 2 rings (SSSR count). The van der Waals surface area contributed by atoms with Crippen LogP contribution in [0.15, 0.2) is 6.20 Å². The normalized spacial score (nSPS) is 19.0. The molecule has 0 amide bonds. The maximum Gasteiger partial charge on any atom is 0.191 e. The van der Waals surface area contributed by atoms with Crippen molar-refractivity contribution in [3.05, 3.63) is 17.5 Å². The summed E-state index contributed by atoms with van der Waals surface area (Å²) in [6.45, 7) is 4.69. The Kier molecular flexibility index (Phi) is 2.08. The minimum absolute atomic E-state index is 0.157. The van der Waals surface area contributed by atoms with E-state index >= 15 is 0 Å². The number of fused-ring (bicyclic) bond motifs is 1. The molecule has 0 saturated heterocycles. The van der Waals surface area contributed by atoms with Crippen LogP contribution in [-0.4, -0.2) is 20.5 Å². The van der Waals surface area contributed by atoms with Crippen molar-refractivity contribution in [3.8, 4) is 0 Å². The van der Waals surface area contributed by atoms with Crippen molar-refractivity contribution in [1.82, 2.24) is 9.78 Å². The van der Waals surface area contributed by atoms with Gasteiger partial charge in [-0.05, 0) is 26.1 Å². The highest BCUT2D eigenvalue weighted by Crippen LogP contribution is 2.27. The summed E-state index contributed by atoms with van der Waals surface area (Å²) >= 11 is 4.91. The number of ether oxygens (including phenoxy) is 1. The molecule has 0 unspecified atom stereocenters. The van der Waals surface area contributed by atoms with Crippen LogP contribution in [-0.2, 0) is 17.8 Å². The number of rotatable bonds is 0. The first-order valence-corrected chi connectivity index (χ1v) is 4.90. The van der Waals surface area contributed by atoms with Crippen molar-refractivity contribution in [2.24, 2.45) is 5.73 Å². The van der Waals surface area contributed by atoms with E-state index in [-0.39, 0.29) is 5.60 Å². The molecule has 1 aromatic heterocycles. The second-order valence-corrected chi connectivity index (χ2v) is 4.51. The van der Waals surface area contributed by atoms with Gasteiger partial charge in [0.15, 0.2) is 5.11 Å². The third-order valence-corrected chi connectivity index (χ3v) is 2.55. The smallest absolute Gasteiger partial charge is 0.191 e. The molecule has 2 N–H and O–H groups in total. The predicted octanol–water partition coefficient (Wildman–Crippen LogP) is 0.826. The Hall–Kier alpha value is -0.940. The van der Waals surface area contributed by atoms with Gasteiger partial charge in [-0.3, -0.25) is 0 Å². The summed E-state index contributed by atoms with van der Waals surface area (Å²) in [5.41, 5.74) is 7.56. The molecule has 76 valence electrons. The second-order valence-electron chi connectivity index (χ2n) is 4.09. The number of aromatic nitrogens is 2. The summed E-state index contributed by atoms with van der Waals surface area (Å²) in [5.74, 6) is 0. The molecule has 1 aliphatic heterocycles. The van der Waals surface area contributed by atoms with Gasteiger partial charge in [0.2, 0.25) is 0 Å². The summed E-state index contributed by atoms with van der Waals surface area (Å²) in [7, 11) is 0. The lowest BCUT2D eigenvalue weighted by molar-refractivity contribution is -0.0410. The van der Waals surface area contributed by atoms with Gasteiger partial charge in [-0.15, -0.1) is 0 Å². The Labute approximate surface area is 88.0 Å². The van der Waals surface area contributed by atoms with Gasteiger partial charge in [0.05, 0.1) is 24.1 Å². The monoisotopic (exact) mass is 211 g/mol. The fourth-order valence-corrected chi connectivity index (χ4v) is 1.79. The van der Waals surface area contributed by atoms with Crippen molar-refractivity contribution in [3.63, 3.8) is 0 Å². The predicted molar refractivity (Wildman–Crippen MR) is 57.0 cm³/mol. The Morgan fingerprint density at radius 2 is 2.43 bits per heavy atom. The van der Waals surface area contributed by atoms with Gasteiger partial charge in [0.25, 0.3) is 0 Å². The zero-order valence-electron chi connectivity index (χ0n) is 8.28. The van der Waals surface area contributed by atoms with Crippen molar-refractivity contribution in [1.29, 1.82) is 0 Å². The van der Waals surface area contributed by atoms with Crippen molar-refractivity contribution in [2.45, 2.75) is 32.5 Å². The number of nitrogens with zero attached hydrogens (tertiary/aromatic N) is 2. The fourth-order valence-electron chi connectivity index (χ4n) is 1.63. The number of thiocarbonyl (C=S) groups is 1. The molecule has 0 bridgehead atoms. The molecule has 1 aromatic rings. The summed E-state index contributed by atoms with van der Waals surface area (Å²) < 4.78 is 7.27. The topological polar surface area (TPSA) is 53.1 Å². The molecular weight excluding hydrogens is 198 g/mol. The van der Waals surface area contributed by atoms with Crippen molar-refractivity contribution < 1.29 is 4.74 Å². The summed E-state index contributed by atoms with van der Waals surface area (Å²) in [6, 6.07) is 0. The lowest BCUT2D eigenvalue weighted by Crippen LogP contribution is -2.34. The lowest BCUT2D eigenvalue weighted by Gasteiger charge is -2.30. The van der Waals surface area contributed by atoms with E-state index in [4.69, 9.17) is 22.7 Å². The largest absolute Gasteiger partial charge is 0.374 e. The molecule has 2 heterocycles. The van der Waals surface area contributed by atoms with E-state index in [0.29, 0.717) is 11.7 Å².